The fourth-order valence-electron chi connectivity index (χ4n) is 2.16. The lowest BCUT2D eigenvalue weighted by molar-refractivity contribution is -0.114. The molecule has 0 saturated heterocycles. The van der Waals surface area contributed by atoms with E-state index in [1.807, 2.05) is 6.92 Å². The highest BCUT2D eigenvalue weighted by Gasteiger charge is 2.11. The summed E-state index contributed by atoms with van der Waals surface area (Å²) in [7, 11) is -1.81. The summed E-state index contributed by atoms with van der Waals surface area (Å²) in [5.74, 6) is 0.211. The molecule has 0 heterocycles. The van der Waals surface area contributed by atoms with E-state index in [-0.39, 0.29) is 17.3 Å². The molecule has 0 atom stereocenters. The minimum absolute atomic E-state index is 0.0134. The number of anilines is 2. The molecule has 0 aliphatic rings. The number of benzene rings is 2. The summed E-state index contributed by atoms with van der Waals surface area (Å²) in [5, 5.41) is 6.21. The lowest BCUT2D eigenvalue weighted by atomic mass is 10.2. The summed E-state index contributed by atoms with van der Waals surface area (Å²) in [5.41, 5.74) is 1.91. The van der Waals surface area contributed by atoms with Crippen LogP contribution in [-0.4, -0.2) is 34.2 Å². The largest absolute Gasteiger partial charge is 0.495 e. The van der Waals surface area contributed by atoms with Gasteiger partial charge in [-0.1, -0.05) is 17.7 Å². The van der Waals surface area contributed by atoms with Crippen molar-refractivity contribution in [2.75, 3.05) is 30.5 Å². The van der Waals surface area contributed by atoms with Crippen molar-refractivity contribution >= 4 is 38.7 Å². The molecule has 0 unspecified atom stereocenters. The van der Waals surface area contributed by atoms with Crippen molar-refractivity contribution in [1.82, 2.24) is 0 Å². The topological polar surface area (TPSA) is 84.5 Å². The van der Waals surface area contributed by atoms with E-state index in [2.05, 4.69) is 10.6 Å². The van der Waals surface area contributed by atoms with Crippen LogP contribution < -0.4 is 15.4 Å². The molecule has 1 amide bonds. The molecule has 8 heteroatoms. The first-order valence-corrected chi connectivity index (χ1v) is 9.65. The number of halogens is 1. The number of nitrogens with one attached hydrogen (secondary N) is 2. The average molecular weight is 383 g/mol. The molecule has 2 N–H and O–H groups in total. The van der Waals surface area contributed by atoms with E-state index < -0.39 is 9.84 Å². The van der Waals surface area contributed by atoms with E-state index in [0.29, 0.717) is 22.1 Å². The van der Waals surface area contributed by atoms with E-state index in [0.717, 1.165) is 11.8 Å². The van der Waals surface area contributed by atoms with E-state index in [1.165, 1.54) is 19.2 Å². The molecule has 134 valence electrons. The third kappa shape index (κ3) is 5.11. The Morgan fingerprint density at radius 3 is 2.60 bits per heavy atom. The Morgan fingerprint density at radius 2 is 1.96 bits per heavy atom. The number of amides is 1. The van der Waals surface area contributed by atoms with E-state index in [9.17, 15) is 13.2 Å². The Hall–Kier alpha value is -2.25. The summed E-state index contributed by atoms with van der Waals surface area (Å²) in [4.78, 5) is 12.3. The Bertz CT molecular complexity index is 898. The van der Waals surface area contributed by atoms with E-state index >= 15 is 0 Å². The van der Waals surface area contributed by atoms with Crippen molar-refractivity contribution in [3.8, 4) is 5.75 Å². The molecule has 0 radical (unpaired) electrons. The molecule has 2 rings (SSSR count). The minimum atomic E-state index is -3.33. The third-order valence-corrected chi connectivity index (χ3v) is 4.98. The predicted octanol–water partition coefficient (Wildman–Crippen LogP) is 3.11. The van der Waals surface area contributed by atoms with Crippen LogP contribution in [0.15, 0.2) is 41.3 Å². The maximum Gasteiger partial charge on any atom is 0.243 e. The van der Waals surface area contributed by atoms with Gasteiger partial charge in [0.1, 0.15) is 5.75 Å². The van der Waals surface area contributed by atoms with Gasteiger partial charge in [-0.05, 0) is 36.8 Å². The van der Waals surface area contributed by atoms with Crippen molar-refractivity contribution in [1.29, 1.82) is 0 Å². The fourth-order valence-corrected chi connectivity index (χ4v) is 2.98. The van der Waals surface area contributed by atoms with Gasteiger partial charge in [-0.15, -0.1) is 0 Å². The lowest BCUT2D eigenvalue weighted by Gasteiger charge is -2.13. The molecule has 2 aromatic rings. The standard InChI is InChI=1S/C17H19ClN2O4S/c1-11-7-15(16(24-2)9-14(11)18)19-10-17(21)20-12-5-4-6-13(8-12)25(3,22)23/h4-9,19H,10H2,1-3H3,(H,20,21). The maximum absolute atomic E-state index is 12.1. The number of carbonyl (C=O) groups excluding carboxylic acids is 1. The Morgan fingerprint density at radius 1 is 1.24 bits per heavy atom. The van der Waals surface area contributed by atoms with Gasteiger partial charge < -0.3 is 15.4 Å². The van der Waals surface area contributed by atoms with Gasteiger partial charge in [0.05, 0.1) is 24.2 Å². The molecule has 0 spiro atoms. The van der Waals surface area contributed by atoms with Gasteiger partial charge in [0.2, 0.25) is 5.91 Å². The van der Waals surface area contributed by atoms with E-state index in [1.54, 1.807) is 24.3 Å². The number of rotatable bonds is 6. The molecule has 0 saturated carbocycles. The molecular weight excluding hydrogens is 364 g/mol. The van der Waals surface area contributed by atoms with E-state index in [4.69, 9.17) is 16.3 Å². The van der Waals surface area contributed by atoms with Gasteiger partial charge in [0.15, 0.2) is 9.84 Å². The first-order valence-electron chi connectivity index (χ1n) is 7.38. The van der Waals surface area contributed by atoms with Gasteiger partial charge in [0, 0.05) is 23.0 Å². The average Bonchev–Trinajstić information content (AvgIpc) is 2.55. The van der Waals surface area contributed by atoms with Crippen LogP contribution in [-0.2, 0) is 14.6 Å². The zero-order valence-electron chi connectivity index (χ0n) is 14.1. The van der Waals surface area contributed by atoms with Crippen LogP contribution in [0.5, 0.6) is 5.75 Å². The molecule has 25 heavy (non-hydrogen) atoms. The highest BCUT2D eigenvalue weighted by atomic mass is 35.5. The van der Waals surface area contributed by atoms with Crippen LogP contribution >= 0.6 is 11.6 Å². The third-order valence-electron chi connectivity index (χ3n) is 3.47. The summed E-state index contributed by atoms with van der Waals surface area (Å²) < 4.78 is 28.4. The normalized spacial score (nSPS) is 11.0. The molecule has 2 aromatic carbocycles. The molecule has 0 aromatic heterocycles. The molecule has 0 aliphatic carbocycles. The van der Waals surface area contributed by atoms with Gasteiger partial charge in [0.25, 0.3) is 0 Å². The number of aryl methyl sites for hydroxylation is 1. The SMILES string of the molecule is COc1cc(Cl)c(C)cc1NCC(=O)Nc1cccc(S(C)(=O)=O)c1. The number of hydrogen-bond donors (Lipinski definition) is 2. The zero-order valence-corrected chi connectivity index (χ0v) is 15.7. The molecule has 0 aliphatic heterocycles. The Labute approximate surface area is 152 Å². The van der Waals surface area contributed by atoms with Crippen LogP contribution in [0.4, 0.5) is 11.4 Å². The van der Waals surface area contributed by atoms with Crippen LogP contribution in [0.3, 0.4) is 0 Å². The Balaban J connectivity index is 2.06. The Kier molecular flexibility index (Phi) is 5.92. The van der Waals surface area contributed by atoms with Crippen molar-refractivity contribution in [3.05, 3.63) is 47.0 Å². The fraction of sp³-hybridized carbons (Fsp3) is 0.235. The zero-order chi connectivity index (χ0) is 18.6. The van der Waals surface area contributed by atoms with Crippen LogP contribution in [0.2, 0.25) is 5.02 Å². The highest BCUT2D eigenvalue weighted by molar-refractivity contribution is 7.90. The molecular formula is C17H19ClN2O4S. The van der Waals surface area contributed by atoms with Gasteiger partial charge in [-0.3, -0.25) is 4.79 Å². The second-order valence-electron chi connectivity index (χ2n) is 5.50. The summed E-state index contributed by atoms with van der Waals surface area (Å²) in [6.45, 7) is 1.84. The van der Waals surface area contributed by atoms with Crippen LogP contribution in [0.1, 0.15) is 5.56 Å². The predicted molar refractivity (Wildman–Crippen MR) is 99.4 cm³/mol. The quantitative estimate of drug-likeness (QED) is 0.801. The summed E-state index contributed by atoms with van der Waals surface area (Å²) in [6, 6.07) is 9.56. The monoisotopic (exact) mass is 382 g/mol. The second kappa shape index (κ2) is 7.76. The van der Waals surface area contributed by atoms with Crippen molar-refractivity contribution in [2.24, 2.45) is 0 Å². The van der Waals surface area contributed by atoms with Crippen molar-refractivity contribution < 1.29 is 17.9 Å². The van der Waals surface area contributed by atoms with Gasteiger partial charge in [-0.25, -0.2) is 8.42 Å². The molecule has 6 nitrogen and oxygen atoms in total. The van der Waals surface area contributed by atoms with Gasteiger partial charge >= 0.3 is 0 Å². The number of hydrogen-bond acceptors (Lipinski definition) is 5. The summed E-state index contributed by atoms with van der Waals surface area (Å²) in [6.07, 6.45) is 1.12. The van der Waals surface area contributed by atoms with Crippen LogP contribution in [0.25, 0.3) is 0 Å². The van der Waals surface area contributed by atoms with Crippen LogP contribution in [0, 0.1) is 6.92 Å². The number of sulfone groups is 1. The maximum atomic E-state index is 12.1. The number of ether oxygens (including phenoxy) is 1. The highest BCUT2D eigenvalue weighted by Crippen LogP contribution is 2.30. The van der Waals surface area contributed by atoms with Crippen molar-refractivity contribution in [2.45, 2.75) is 11.8 Å². The molecule has 0 bridgehead atoms. The van der Waals surface area contributed by atoms with Gasteiger partial charge in [-0.2, -0.15) is 0 Å². The number of methoxy groups -OCH3 is 1. The first-order chi connectivity index (χ1) is 11.7. The second-order valence-corrected chi connectivity index (χ2v) is 7.93. The molecule has 0 fully saturated rings. The lowest BCUT2D eigenvalue weighted by Crippen LogP contribution is -2.22. The smallest absolute Gasteiger partial charge is 0.243 e. The van der Waals surface area contributed by atoms with Crippen molar-refractivity contribution in [3.63, 3.8) is 0 Å². The first kappa shape index (κ1) is 19.1. The summed E-state index contributed by atoms with van der Waals surface area (Å²) >= 11 is 6.05. The minimum Gasteiger partial charge on any atom is -0.495 e. The number of carbonyl (C=O) groups is 1.